The van der Waals surface area contributed by atoms with Crippen LogP contribution in [0.3, 0.4) is 0 Å². The summed E-state index contributed by atoms with van der Waals surface area (Å²) < 4.78 is 9.12. The van der Waals surface area contributed by atoms with Crippen molar-refractivity contribution in [2.45, 2.75) is 19.4 Å². The van der Waals surface area contributed by atoms with Gasteiger partial charge in [0.25, 0.3) is 0 Å². The predicted octanol–water partition coefficient (Wildman–Crippen LogP) is 2.10. The minimum absolute atomic E-state index is 0.0313. The zero-order valence-corrected chi connectivity index (χ0v) is 18.1. The third-order valence-electron chi connectivity index (χ3n) is 5.67. The fraction of sp³-hybridized carbons (Fsp3) is 0.381. The average molecular weight is 440 g/mol. The summed E-state index contributed by atoms with van der Waals surface area (Å²) in [6.07, 6.45) is 1.99. The van der Waals surface area contributed by atoms with Gasteiger partial charge in [0, 0.05) is 30.7 Å². The molecule has 4 heterocycles. The van der Waals surface area contributed by atoms with Gasteiger partial charge in [-0.25, -0.2) is 0 Å². The number of halogens is 1. The maximum atomic E-state index is 13.1. The highest BCUT2D eigenvalue weighted by Gasteiger charge is 2.32. The molecule has 0 aliphatic carbocycles. The lowest BCUT2D eigenvalue weighted by molar-refractivity contribution is -0.135. The Labute approximate surface area is 184 Å². The van der Waals surface area contributed by atoms with Crippen molar-refractivity contribution in [1.29, 1.82) is 0 Å². The van der Waals surface area contributed by atoms with Crippen LogP contribution in [0.4, 0.5) is 0 Å². The lowest BCUT2D eigenvalue weighted by Crippen LogP contribution is -2.41. The molecule has 1 atom stereocenters. The molecule has 2 aliphatic rings. The maximum absolute atomic E-state index is 13.1. The van der Waals surface area contributed by atoms with E-state index in [9.17, 15) is 4.79 Å². The summed E-state index contributed by atoms with van der Waals surface area (Å²) in [5, 5.41) is 13.8. The summed E-state index contributed by atoms with van der Waals surface area (Å²) in [5.74, 6) is 1.39. The highest BCUT2D eigenvalue weighted by Crippen LogP contribution is 2.32. The van der Waals surface area contributed by atoms with Crippen LogP contribution in [0.1, 0.15) is 35.4 Å². The van der Waals surface area contributed by atoms with Gasteiger partial charge < -0.3 is 9.64 Å². The molecular formula is C21H22ClN7O2. The molecule has 1 aromatic carbocycles. The quantitative estimate of drug-likeness (QED) is 0.623. The lowest BCUT2D eigenvalue weighted by atomic mass is 10.1. The number of aromatic nitrogens is 5. The Kier molecular flexibility index (Phi) is 5.07. The summed E-state index contributed by atoms with van der Waals surface area (Å²) in [5.41, 5.74) is 3.33. The number of nitrogens with zero attached hydrogens (tertiary/aromatic N) is 7. The second-order valence-electron chi connectivity index (χ2n) is 7.64. The average Bonchev–Trinajstić information content (AvgIpc) is 3.30. The monoisotopic (exact) mass is 439 g/mol. The first-order valence-corrected chi connectivity index (χ1v) is 10.5. The van der Waals surface area contributed by atoms with E-state index < -0.39 is 6.04 Å². The number of hydrogen-bond acceptors (Lipinski definition) is 6. The minimum Gasteiger partial charge on any atom is -0.378 e. The van der Waals surface area contributed by atoms with Crippen LogP contribution in [0.15, 0.2) is 35.5 Å². The van der Waals surface area contributed by atoms with Crippen LogP contribution in [0.25, 0.3) is 5.69 Å². The normalized spacial score (nSPS) is 18.2. The fourth-order valence-electron chi connectivity index (χ4n) is 4.09. The molecular weight excluding hydrogens is 418 g/mol. The van der Waals surface area contributed by atoms with Gasteiger partial charge in [0.05, 0.1) is 37.2 Å². The van der Waals surface area contributed by atoms with Gasteiger partial charge in [-0.05, 0) is 19.1 Å². The van der Waals surface area contributed by atoms with Gasteiger partial charge in [-0.1, -0.05) is 23.7 Å². The Morgan fingerprint density at radius 3 is 2.68 bits per heavy atom. The van der Waals surface area contributed by atoms with Crippen LogP contribution < -0.4 is 0 Å². The van der Waals surface area contributed by atoms with Crippen molar-refractivity contribution < 1.29 is 9.53 Å². The minimum atomic E-state index is -0.477. The number of fused-ring (bicyclic) bond motifs is 3. The van der Waals surface area contributed by atoms with Gasteiger partial charge in [-0.15, -0.1) is 10.2 Å². The van der Waals surface area contributed by atoms with E-state index in [4.69, 9.17) is 21.3 Å². The topological polar surface area (TPSA) is 90.4 Å². The molecule has 1 amide bonds. The van der Waals surface area contributed by atoms with Gasteiger partial charge >= 0.3 is 0 Å². The Balaban J connectivity index is 1.63. The summed E-state index contributed by atoms with van der Waals surface area (Å²) in [6, 6.07) is 7.05. The summed E-state index contributed by atoms with van der Waals surface area (Å²) in [7, 11) is 1.88. The zero-order valence-electron chi connectivity index (χ0n) is 17.3. The second-order valence-corrected chi connectivity index (χ2v) is 8.08. The van der Waals surface area contributed by atoms with Crippen molar-refractivity contribution in [1.82, 2.24) is 29.4 Å². The number of aliphatic imine (C=N–C) groups is 1. The molecule has 5 rings (SSSR count). The highest BCUT2D eigenvalue weighted by atomic mass is 35.5. The van der Waals surface area contributed by atoms with E-state index in [0.717, 1.165) is 28.5 Å². The van der Waals surface area contributed by atoms with Crippen LogP contribution in [-0.4, -0.2) is 67.4 Å². The number of rotatable bonds is 3. The first kappa shape index (κ1) is 19.9. The number of morpholine rings is 1. The molecule has 0 saturated carbocycles. The Hall–Kier alpha value is -3.04. The second kappa shape index (κ2) is 7.90. The molecule has 0 spiro atoms. The molecule has 2 aliphatic heterocycles. The number of carbonyl (C=O) groups excluding carboxylic acids is 1. The number of amides is 1. The predicted molar refractivity (Wildman–Crippen MR) is 115 cm³/mol. The van der Waals surface area contributed by atoms with Gasteiger partial charge in [0.2, 0.25) is 5.91 Å². The van der Waals surface area contributed by atoms with E-state index in [-0.39, 0.29) is 12.3 Å². The van der Waals surface area contributed by atoms with Crippen molar-refractivity contribution >= 4 is 23.2 Å². The third-order valence-corrected chi connectivity index (χ3v) is 5.92. The Morgan fingerprint density at radius 1 is 1.19 bits per heavy atom. The molecule has 9 nitrogen and oxygen atoms in total. The number of hydrogen-bond donors (Lipinski definition) is 0. The van der Waals surface area contributed by atoms with Crippen LogP contribution in [0, 0.1) is 6.92 Å². The first-order valence-electron chi connectivity index (χ1n) is 10.2. The SMILES string of the molecule is Cc1nnc2n1-c1cnn(C)c1C(c1ccc(Cl)cc1)=NC2CC(=O)N1CCOCC1. The Bertz CT molecular complexity index is 1160. The molecule has 1 saturated heterocycles. The van der Waals surface area contributed by atoms with Crippen molar-refractivity contribution in [2.24, 2.45) is 12.0 Å². The van der Waals surface area contributed by atoms with Crippen molar-refractivity contribution in [3.63, 3.8) is 0 Å². The molecule has 0 N–H and O–H groups in total. The summed E-state index contributed by atoms with van der Waals surface area (Å²) >= 11 is 6.11. The summed E-state index contributed by atoms with van der Waals surface area (Å²) in [6.45, 7) is 4.19. The van der Waals surface area contributed by atoms with Gasteiger partial charge in [-0.3, -0.25) is 19.0 Å². The maximum Gasteiger partial charge on any atom is 0.225 e. The highest BCUT2D eigenvalue weighted by molar-refractivity contribution is 6.30. The van der Waals surface area contributed by atoms with Crippen LogP contribution in [-0.2, 0) is 16.6 Å². The molecule has 160 valence electrons. The van der Waals surface area contributed by atoms with Gasteiger partial charge in [0.15, 0.2) is 5.82 Å². The lowest BCUT2D eigenvalue weighted by Gasteiger charge is -2.27. The van der Waals surface area contributed by atoms with Gasteiger partial charge in [-0.2, -0.15) is 5.10 Å². The molecule has 10 heteroatoms. The molecule has 2 aromatic heterocycles. The standard InChI is InChI=1S/C21H22ClN7O2/c1-13-25-26-21-16(11-18(30)28-7-9-31-10-8-28)24-19(14-3-5-15(22)6-4-14)20-17(29(13)21)12-23-27(20)2/h3-6,12,16H,7-11H2,1-2H3. The molecule has 31 heavy (non-hydrogen) atoms. The number of ether oxygens (including phenoxy) is 1. The van der Waals surface area contributed by atoms with Crippen molar-refractivity contribution in [2.75, 3.05) is 26.3 Å². The Morgan fingerprint density at radius 2 is 1.94 bits per heavy atom. The van der Waals surface area contributed by atoms with E-state index in [0.29, 0.717) is 37.2 Å². The molecule has 1 fully saturated rings. The van der Waals surface area contributed by atoms with E-state index >= 15 is 0 Å². The molecule has 0 bridgehead atoms. The number of carbonyl (C=O) groups is 1. The largest absolute Gasteiger partial charge is 0.378 e. The van der Waals surface area contributed by atoms with Gasteiger partial charge in [0.1, 0.15) is 17.6 Å². The van der Waals surface area contributed by atoms with E-state index in [1.165, 1.54) is 0 Å². The van der Waals surface area contributed by atoms with Crippen LogP contribution >= 0.6 is 11.6 Å². The number of benzene rings is 1. The number of aryl methyl sites for hydroxylation is 2. The third kappa shape index (κ3) is 3.53. The van der Waals surface area contributed by atoms with Crippen LogP contribution in [0.2, 0.25) is 5.02 Å². The van der Waals surface area contributed by atoms with E-state index in [1.807, 2.05) is 47.7 Å². The molecule has 3 aromatic rings. The first-order chi connectivity index (χ1) is 15.0. The van der Waals surface area contributed by atoms with Crippen molar-refractivity contribution in [3.8, 4) is 5.69 Å². The smallest absolute Gasteiger partial charge is 0.225 e. The summed E-state index contributed by atoms with van der Waals surface area (Å²) in [4.78, 5) is 19.9. The zero-order chi connectivity index (χ0) is 21.5. The fourth-order valence-corrected chi connectivity index (χ4v) is 4.22. The van der Waals surface area contributed by atoms with E-state index in [1.54, 1.807) is 10.9 Å². The van der Waals surface area contributed by atoms with E-state index in [2.05, 4.69) is 15.3 Å². The molecule has 1 unspecified atom stereocenters. The molecule has 0 radical (unpaired) electrons. The van der Waals surface area contributed by atoms with Crippen LogP contribution in [0.5, 0.6) is 0 Å². The van der Waals surface area contributed by atoms with Crippen molar-refractivity contribution in [3.05, 3.63) is 58.4 Å².